The van der Waals surface area contributed by atoms with Crippen LogP contribution in [0.2, 0.25) is 0 Å². The molecule has 2 aromatic rings. The highest BCUT2D eigenvalue weighted by Crippen LogP contribution is 2.26. The van der Waals surface area contributed by atoms with E-state index in [1.807, 2.05) is 6.07 Å². The van der Waals surface area contributed by atoms with Crippen LogP contribution in [0.1, 0.15) is 36.1 Å². The van der Waals surface area contributed by atoms with E-state index in [1.54, 1.807) is 12.1 Å². The summed E-state index contributed by atoms with van der Waals surface area (Å²) < 4.78 is 0. The maximum absolute atomic E-state index is 10.9. The highest BCUT2D eigenvalue weighted by atomic mass is 16.6. The van der Waals surface area contributed by atoms with Crippen LogP contribution in [-0.4, -0.2) is 4.92 Å². The molecule has 0 fully saturated rings. The zero-order valence-electron chi connectivity index (χ0n) is 12.6. The molecule has 1 unspecified atom stereocenters. The molecule has 4 heteroatoms. The lowest BCUT2D eigenvalue weighted by molar-refractivity contribution is -0.384. The number of nitrogens with zero attached hydrogens (tertiary/aromatic N) is 1. The minimum Gasteiger partial charge on any atom is -0.378 e. The summed E-state index contributed by atoms with van der Waals surface area (Å²) in [6, 6.07) is 13.2. The van der Waals surface area contributed by atoms with Crippen molar-refractivity contribution in [2.24, 2.45) is 0 Å². The van der Waals surface area contributed by atoms with Crippen LogP contribution in [0.15, 0.2) is 42.5 Å². The lowest BCUT2D eigenvalue weighted by atomic mass is 10.0. The SMILES string of the molecule is CCC(Nc1cc(C)cc(C)c1)c1cccc([N+](=O)[O-])c1. The molecule has 0 aliphatic heterocycles. The molecule has 2 rings (SSSR count). The van der Waals surface area contributed by atoms with Crippen LogP contribution in [0.3, 0.4) is 0 Å². The highest BCUT2D eigenvalue weighted by molar-refractivity contribution is 5.50. The molecule has 0 saturated heterocycles. The van der Waals surface area contributed by atoms with E-state index in [2.05, 4.69) is 44.3 Å². The molecule has 4 nitrogen and oxygen atoms in total. The third-order valence-electron chi connectivity index (χ3n) is 3.45. The quantitative estimate of drug-likeness (QED) is 0.635. The lowest BCUT2D eigenvalue weighted by Crippen LogP contribution is -2.10. The Bertz CT molecular complexity index is 633. The summed E-state index contributed by atoms with van der Waals surface area (Å²) in [4.78, 5) is 10.5. The van der Waals surface area contributed by atoms with E-state index in [-0.39, 0.29) is 16.7 Å². The number of benzene rings is 2. The van der Waals surface area contributed by atoms with Crippen molar-refractivity contribution in [2.75, 3.05) is 5.32 Å². The molecule has 1 atom stereocenters. The fourth-order valence-corrected chi connectivity index (χ4v) is 2.54. The van der Waals surface area contributed by atoms with Gasteiger partial charge in [0.25, 0.3) is 5.69 Å². The van der Waals surface area contributed by atoms with Gasteiger partial charge in [0.2, 0.25) is 0 Å². The van der Waals surface area contributed by atoms with Crippen molar-refractivity contribution < 1.29 is 4.92 Å². The van der Waals surface area contributed by atoms with E-state index in [0.29, 0.717) is 0 Å². The normalized spacial score (nSPS) is 12.0. The van der Waals surface area contributed by atoms with E-state index in [0.717, 1.165) is 17.7 Å². The predicted octanol–water partition coefficient (Wildman–Crippen LogP) is 4.77. The maximum Gasteiger partial charge on any atom is 0.269 e. The van der Waals surface area contributed by atoms with Crippen molar-refractivity contribution in [2.45, 2.75) is 33.2 Å². The van der Waals surface area contributed by atoms with Crippen molar-refractivity contribution in [1.29, 1.82) is 0 Å². The molecule has 0 aliphatic rings. The van der Waals surface area contributed by atoms with E-state index in [1.165, 1.54) is 17.2 Å². The van der Waals surface area contributed by atoms with Crippen LogP contribution in [0.4, 0.5) is 11.4 Å². The number of nitrogens with one attached hydrogen (secondary N) is 1. The van der Waals surface area contributed by atoms with E-state index in [4.69, 9.17) is 0 Å². The third-order valence-corrected chi connectivity index (χ3v) is 3.45. The first-order valence-electron chi connectivity index (χ1n) is 7.08. The largest absolute Gasteiger partial charge is 0.378 e. The standard InChI is InChI=1S/C17H20N2O2/c1-4-17(14-6-5-7-16(11-14)19(20)21)18-15-9-12(2)8-13(3)10-15/h5-11,17-18H,4H2,1-3H3. The summed E-state index contributed by atoms with van der Waals surface area (Å²) in [7, 11) is 0. The first-order valence-corrected chi connectivity index (χ1v) is 7.08. The minimum atomic E-state index is -0.354. The average molecular weight is 284 g/mol. The molecule has 21 heavy (non-hydrogen) atoms. The van der Waals surface area contributed by atoms with Crippen LogP contribution in [0.5, 0.6) is 0 Å². The van der Waals surface area contributed by atoms with Crippen molar-refractivity contribution in [1.82, 2.24) is 0 Å². The van der Waals surface area contributed by atoms with Crippen molar-refractivity contribution in [3.8, 4) is 0 Å². The van der Waals surface area contributed by atoms with Gasteiger partial charge in [0, 0.05) is 17.8 Å². The number of hydrogen-bond donors (Lipinski definition) is 1. The molecule has 0 amide bonds. The summed E-state index contributed by atoms with van der Waals surface area (Å²) >= 11 is 0. The van der Waals surface area contributed by atoms with Gasteiger partial charge in [0.05, 0.1) is 11.0 Å². The average Bonchev–Trinajstić information content (AvgIpc) is 2.44. The maximum atomic E-state index is 10.9. The number of aryl methyl sites for hydroxylation is 2. The van der Waals surface area contributed by atoms with E-state index in [9.17, 15) is 10.1 Å². The van der Waals surface area contributed by atoms with Gasteiger partial charge < -0.3 is 5.32 Å². The number of rotatable bonds is 5. The highest BCUT2D eigenvalue weighted by Gasteiger charge is 2.13. The molecule has 0 radical (unpaired) electrons. The van der Waals surface area contributed by atoms with Gasteiger partial charge in [-0.25, -0.2) is 0 Å². The zero-order valence-corrected chi connectivity index (χ0v) is 12.6. The topological polar surface area (TPSA) is 55.2 Å². The Hall–Kier alpha value is -2.36. The summed E-state index contributed by atoms with van der Waals surface area (Å²) in [5.74, 6) is 0. The predicted molar refractivity (Wildman–Crippen MR) is 85.7 cm³/mol. The molecule has 0 bridgehead atoms. The second-order valence-corrected chi connectivity index (χ2v) is 5.33. The van der Waals surface area contributed by atoms with Crippen molar-refractivity contribution >= 4 is 11.4 Å². The Morgan fingerprint density at radius 2 is 1.81 bits per heavy atom. The van der Waals surface area contributed by atoms with Gasteiger partial charge in [-0.15, -0.1) is 0 Å². The molecule has 110 valence electrons. The second-order valence-electron chi connectivity index (χ2n) is 5.33. The molecule has 2 aromatic carbocycles. The molecular formula is C17H20N2O2. The Kier molecular flexibility index (Phi) is 4.58. The van der Waals surface area contributed by atoms with Gasteiger partial charge in [0.1, 0.15) is 0 Å². The van der Waals surface area contributed by atoms with Gasteiger partial charge in [-0.3, -0.25) is 10.1 Å². The molecule has 0 saturated carbocycles. The Morgan fingerprint density at radius 1 is 1.14 bits per heavy atom. The third kappa shape index (κ3) is 3.81. The van der Waals surface area contributed by atoms with Crippen LogP contribution >= 0.6 is 0 Å². The number of nitro benzene ring substituents is 1. The van der Waals surface area contributed by atoms with Gasteiger partial charge >= 0.3 is 0 Å². The Labute approximate surface area is 125 Å². The number of anilines is 1. The second kappa shape index (κ2) is 6.39. The first kappa shape index (κ1) is 15.0. The number of hydrogen-bond acceptors (Lipinski definition) is 3. The van der Waals surface area contributed by atoms with Gasteiger partial charge in [0.15, 0.2) is 0 Å². The summed E-state index contributed by atoms with van der Waals surface area (Å²) in [6.07, 6.45) is 0.855. The fraction of sp³-hybridized carbons (Fsp3) is 0.294. The van der Waals surface area contributed by atoms with Crippen LogP contribution in [0.25, 0.3) is 0 Å². The summed E-state index contributed by atoms with van der Waals surface area (Å²) in [5, 5.41) is 14.4. The van der Waals surface area contributed by atoms with E-state index >= 15 is 0 Å². The molecule has 0 aliphatic carbocycles. The number of nitro groups is 1. The van der Waals surface area contributed by atoms with Crippen LogP contribution in [0, 0.1) is 24.0 Å². The smallest absolute Gasteiger partial charge is 0.269 e. The molecule has 0 spiro atoms. The van der Waals surface area contributed by atoms with Crippen molar-refractivity contribution in [3.63, 3.8) is 0 Å². The van der Waals surface area contributed by atoms with Gasteiger partial charge in [-0.1, -0.05) is 25.1 Å². The van der Waals surface area contributed by atoms with E-state index < -0.39 is 0 Å². The monoisotopic (exact) mass is 284 g/mol. The molecular weight excluding hydrogens is 264 g/mol. The summed E-state index contributed by atoms with van der Waals surface area (Å²) in [5.41, 5.74) is 4.52. The van der Waals surface area contributed by atoms with Gasteiger partial charge in [-0.2, -0.15) is 0 Å². The molecule has 0 heterocycles. The Balaban J connectivity index is 2.27. The molecule has 1 N–H and O–H groups in total. The van der Waals surface area contributed by atoms with Crippen molar-refractivity contribution in [3.05, 3.63) is 69.3 Å². The van der Waals surface area contributed by atoms with Crippen LogP contribution < -0.4 is 5.32 Å². The summed E-state index contributed by atoms with van der Waals surface area (Å²) in [6.45, 7) is 6.19. The molecule has 0 aromatic heterocycles. The Morgan fingerprint density at radius 3 is 2.38 bits per heavy atom. The lowest BCUT2D eigenvalue weighted by Gasteiger charge is -2.19. The van der Waals surface area contributed by atoms with Crippen LogP contribution in [-0.2, 0) is 0 Å². The number of non-ortho nitro benzene ring substituents is 1. The zero-order chi connectivity index (χ0) is 15.4. The minimum absolute atomic E-state index is 0.0612. The first-order chi connectivity index (χ1) is 9.99. The van der Waals surface area contributed by atoms with Gasteiger partial charge in [-0.05, 0) is 49.1 Å². The fourth-order valence-electron chi connectivity index (χ4n) is 2.54.